The maximum atomic E-state index is 8.89. The topological polar surface area (TPSA) is 39.1 Å². The van der Waals surface area contributed by atoms with Crippen LogP contribution in [0.15, 0.2) is 0 Å². The molecule has 2 rings (SSSR count). The molecule has 0 radical (unpaired) electrons. The van der Waals surface area contributed by atoms with Crippen LogP contribution in [0.5, 0.6) is 0 Å². The van der Waals surface area contributed by atoms with Crippen molar-refractivity contribution in [3.63, 3.8) is 0 Å². The molecule has 1 saturated carbocycles. The summed E-state index contributed by atoms with van der Waals surface area (Å²) in [6, 6.07) is 2.96. The summed E-state index contributed by atoms with van der Waals surface area (Å²) in [4.78, 5) is 2.61. The molecular weight excluding hydrogens is 222 g/mol. The number of likely N-dealkylation sites (tertiary alicyclic amines) is 1. The third-order valence-corrected chi connectivity index (χ3v) is 4.39. The van der Waals surface area contributed by atoms with E-state index in [4.69, 9.17) is 5.26 Å². The second kappa shape index (κ2) is 6.04. The van der Waals surface area contributed by atoms with Gasteiger partial charge in [0, 0.05) is 25.6 Å². The van der Waals surface area contributed by atoms with Crippen LogP contribution < -0.4 is 5.32 Å². The van der Waals surface area contributed by atoms with Gasteiger partial charge in [-0.1, -0.05) is 13.8 Å². The van der Waals surface area contributed by atoms with E-state index in [0.29, 0.717) is 11.5 Å². The van der Waals surface area contributed by atoms with Crippen LogP contribution in [0.4, 0.5) is 0 Å². The molecule has 1 heterocycles. The molecule has 2 fully saturated rings. The number of nitriles is 1. The van der Waals surface area contributed by atoms with E-state index in [2.05, 4.69) is 30.1 Å². The van der Waals surface area contributed by atoms with E-state index in [9.17, 15) is 0 Å². The lowest BCUT2D eigenvalue weighted by Gasteiger charge is -2.35. The van der Waals surface area contributed by atoms with Gasteiger partial charge in [-0.05, 0) is 50.1 Å². The lowest BCUT2D eigenvalue weighted by Crippen LogP contribution is -2.43. The Morgan fingerprint density at radius 1 is 1.44 bits per heavy atom. The molecule has 3 nitrogen and oxygen atoms in total. The Morgan fingerprint density at radius 2 is 2.22 bits per heavy atom. The van der Waals surface area contributed by atoms with Crippen molar-refractivity contribution in [2.75, 3.05) is 26.2 Å². The first kappa shape index (κ1) is 13.8. The molecule has 1 N–H and O–H groups in total. The maximum Gasteiger partial charge on any atom is 0.0628 e. The first-order chi connectivity index (χ1) is 8.63. The number of hydrogen-bond donors (Lipinski definition) is 1. The van der Waals surface area contributed by atoms with Crippen molar-refractivity contribution in [1.29, 1.82) is 5.26 Å². The average Bonchev–Trinajstić information content (AvgIpc) is 3.07. The molecule has 1 saturated heterocycles. The molecule has 0 aromatic heterocycles. The van der Waals surface area contributed by atoms with Gasteiger partial charge in [0.2, 0.25) is 0 Å². The van der Waals surface area contributed by atoms with Gasteiger partial charge in [0.1, 0.15) is 0 Å². The minimum atomic E-state index is 0.377. The van der Waals surface area contributed by atoms with E-state index in [-0.39, 0.29) is 0 Å². The van der Waals surface area contributed by atoms with Crippen molar-refractivity contribution in [3.05, 3.63) is 0 Å². The van der Waals surface area contributed by atoms with Gasteiger partial charge in [-0.15, -0.1) is 0 Å². The number of nitrogens with zero attached hydrogens (tertiary/aromatic N) is 2. The summed E-state index contributed by atoms with van der Waals surface area (Å²) in [6.45, 7) is 9.22. The Kier molecular flexibility index (Phi) is 4.64. The molecule has 102 valence electrons. The largest absolute Gasteiger partial charge is 0.314 e. The van der Waals surface area contributed by atoms with Crippen LogP contribution in [0, 0.1) is 22.7 Å². The van der Waals surface area contributed by atoms with Crippen molar-refractivity contribution in [2.45, 2.75) is 52.0 Å². The standard InChI is InChI=1S/C15H27N3/c1-13(2)17-10-14-4-3-9-18(11-14)12-15(5-6-15)7-8-16/h13-14,17H,3-7,9-12H2,1-2H3. The summed E-state index contributed by atoms with van der Waals surface area (Å²) in [7, 11) is 0. The summed E-state index contributed by atoms with van der Waals surface area (Å²) in [5.41, 5.74) is 0.377. The Balaban J connectivity index is 1.75. The van der Waals surface area contributed by atoms with Crippen LogP contribution >= 0.6 is 0 Å². The van der Waals surface area contributed by atoms with E-state index >= 15 is 0 Å². The van der Waals surface area contributed by atoms with Crippen molar-refractivity contribution >= 4 is 0 Å². The molecule has 18 heavy (non-hydrogen) atoms. The first-order valence-corrected chi connectivity index (χ1v) is 7.46. The van der Waals surface area contributed by atoms with Crippen LogP contribution in [0.25, 0.3) is 0 Å². The highest BCUT2D eigenvalue weighted by Gasteiger charge is 2.44. The number of piperidine rings is 1. The SMILES string of the molecule is CC(C)NCC1CCCN(CC2(CC#N)CC2)C1. The molecule has 0 spiro atoms. The van der Waals surface area contributed by atoms with E-state index in [1.807, 2.05) is 0 Å². The molecule has 1 atom stereocenters. The van der Waals surface area contributed by atoms with Gasteiger partial charge in [-0.3, -0.25) is 0 Å². The van der Waals surface area contributed by atoms with Gasteiger partial charge in [-0.25, -0.2) is 0 Å². The summed E-state index contributed by atoms with van der Waals surface area (Å²) in [5.74, 6) is 0.805. The summed E-state index contributed by atoms with van der Waals surface area (Å²) in [6.07, 6.45) is 5.99. The van der Waals surface area contributed by atoms with Crippen LogP contribution in [0.1, 0.15) is 46.0 Å². The highest BCUT2D eigenvalue weighted by Crippen LogP contribution is 2.49. The Labute approximate surface area is 112 Å². The molecule has 1 aliphatic carbocycles. The fraction of sp³-hybridized carbons (Fsp3) is 0.933. The quantitative estimate of drug-likeness (QED) is 0.785. The predicted octanol–water partition coefficient (Wildman–Crippen LogP) is 2.39. The van der Waals surface area contributed by atoms with Gasteiger partial charge in [0.05, 0.1) is 6.07 Å². The van der Waals surface area contributed by atoms with E-state index in [1.54, 1.807) is 0 Å². The third kappa shape index (κ3) is 3.96. The summed E-state index contributed by atoms with van der Waals surface area (Å²) in [5, 5.41) is 12.5. The van der Waals surface area contributed by atoms with Crippen molar-refractivity contribution in [2.24, 2.45) is 11.3 Å². The minimum absolute atomic E-state index is 0.377. The summed E-state index contributed by atoms with van der Waals surface area (Å²) >= 11 is 0. The highest BCUT2D eigenvalue weighted by molar-refractivity contribution is 5.01. The molecular formula is C15H27N3. The van der Waals surface area contributed by atoms with Crippen LogP contribution in [-0.4, -0.2) is 37.1 Å². The van der Waals surface area contributed by atoms with Gasteiger partial charge in [0.15, 0.2) is 0 Å². The molecule has 3 heteroatoms. The van der Waals surface area contributed by atoms with Crippen LogP contribution in [0.2, 0.25) is 0 Å². The molecule has 0 bridgehead atoms. The van der Waals surface area contributed by atoms with Crippen LogP contribution in [-0.2, 0) is 0 Å². The van der Waals surface area contributed by atoms with E-state index < -0.39 is 0 Å². The van der Waals surface area contributed by atoms with Gasteiger partial charge >= 0.3 is 0 Å². The first-order valence-electron chi connectivity index (χ1n) is 7.46. The monoisotopic (exact) mass is 249 g/mol. The van der Waals surface area contributed by atoms with Crippen molar-refractivity contribution in [1.82, 2.24) is 10.2 Å². The number of hydrogen-bond acceptors (Lipinski definition) is 3. The zero-order chi connectivity index (χ0) is 13.0. The fourth-order valence-corrected chi connectivity index (χ4v) is 3.07. The predicted molar refractivity (Wildman–Crippen MR) is 74.2 cm³/mol. The number of rotatable bonds is 6. The Morgan fingerprint density at radius 3 is 2.83 bits per heavy atom. The normalized spacial score (nSPS) is 27.1. The Bertz CT molecular complexity index is 301. The van der Waals surface area contributed by atoms with Crippen molar-refractivity contribution in [3.8, 4) is 6.07 Å². The number of nitrogens with one attached hydrogen (secondary N) is 1. The van der Waals surface area contributed by atoms with Crippen molar-refractivity contribution < 1.29 is 0 Å². The Hall–Kier alpha value is -0.590. The van der Waals surface area contributed by atoms with Gasteiger partial charge < -0.3 is 10.2 Å². The molecule has 0 aromatic carbocycles. The zero-order valence-electron chi connectivity index (χ0n) is 11.9. The summed E-state index contributed by atoms with van der Waals surface area (Å²) < 4.78 is 0. The lowest BCUT2D eigenvalue weighted by atomic mass is 9.95. The van der Waals surface area contributed by atoms with E-state index in [0.717, 1.165) is 18.9 Å². The molecule has 0 amide bonds. The third-order valence-electron chi connectivity index (χ3n) is 4.39. The smallest absolute Gasteiger partial charge is 0.0628 e. The molecule has 0 aromatic rings. The fourth-order valence-electron chi connectivity index (χ4n) is 3.07. The zero-order valence-corrected chi connectivity index (χ0v) is 11.9. The lowest BCUT2D eigenvalue weighted by molar-refractivity contribution is 0.142. The maximum absolute atomic E-state index is 8.89. The second-order valence-electron chi connectivity index (χ2n) is 6.64. The van der Waals surface area contributed by atoms with Gasteiger partial charge in [-0.2, -0.15) is 5.26 Å². The molecule has 1 aliphatic heterocycles. The molecule has 2 aliphatic rings. The second-order valence-corrected chi connectivity index (χ2v) is 6.64. The van der Waals surface area contributed by atoms with Crippen LogP contribution in [0.3, 0.4) is 0 Å². The van der Waals surface area contributed by atoms with Gasteiger partial charge in [0.25, 0.3) is 0 Å². The minimum Gasteiger partial charge on any atom is -0.314 e. The average molecular weight is 249 g/mol. The highest BCUT2D eigenvalue weighted by atomic mass is 15.1. The molecule has 1 unspecified atom stereocenters. The van der Waals surface area contributed by atoms with E-state index in [1.165, 1.54) is 45.3 Å².